The van der Waals surface area contributed by atoms with Gasteiger partial charge < -0.3 is 9.84 Å². The van der Waals surface area contributed by atoms with Gasteiger partial charge in [0.05, 0.1) is 12.1 Å². The molecule has 3 nitrogen and oxygen atoms in total. The molecule has 0 aromatic heterocycles. The SMILES string of the molecule is COC(=O)C=Cc1cccc(Cl)c1O. The number of hydrogen-bond acceptors (Lipinski definition) is 3. The molecule has 0 heterocycles. The number of benzene rings is 1. The third-order valence-electron chi connectivity index (χ3n) is 1.62. The van der Waals surface area contributed by atoms with E-state index in [9.17, 15) is 9.90 Å². The summed E-state index contributed by atoms with van der Waals surface area (Å²) in [7, 11) is 1.28. The van der Waals surface area contributed by atoms with Gasteiger partial charge in [-0.1, -0.05) is 23.7 Å². The molecule has 1 aromatic carbocycles. The van der Waals surface area contributed by atoms with Gasteiger partial charge >= 0.3 is 5.97 Å². The lowest BCUT2D eigenvalue weighted by Gasteiger charge is -1.99. The summed E-state index contributed by atoms with van der Waals surface area (Å²) in [4.78, 5) is 10.8. The number of aromatic hydroxyl groups is 1. The molecule has 14 heavy (non-hydrogen) atoms. The van der Waals surface area contributed by atoms with E-state index in [1.54, 1.807) is 18.2 Å². The lowest BCUT2D eigenvalue weighted by molar-refractivity contribution is -0.134. The van der Waals surface area contributed by atoms with Crippen LogP contribution in [0.3, 0.4) is 0 Å². The highest BCUT2D eigenvalue weighted by Gasteiger charge is 2.01. The Hall–Kier alpha value is -1.48. The van der Waals surface area contributed by atoms with Gasteiger partial charge in [-0.25, -0.2) is 4.79 Å². The second-order valence-electron chi connectivity index (χ2n) is 2.53. The van der Waals surface area contributed by atoms with E-state index in [1.807, 2.05) is 0 Å². The molecule has 1 rings (SSSR count). The fourth-order valence-corrected chi connectivity index (χ4v) is 1.07. The first kappa shape index (κ1) is 10.6. The highest BCUT2D eigenvalue weighted by Crippen LogP contribution is 2.27. The monoisotopic (exact) mass is 212 g/mol. The van der Waals surface area contributed by atoms with Crippen LogP contribution < -0.4 is 0 Å². The smallest absolute Gasteiger partial charge is 0.330 e. The van der Waals surface area contributed by atoms with Gasteiger partial charge in [0.2, 0.25) is 0 Å². The molecule has 0 atom stereocenters. The van der Waals surface area contributed by atoms with Crippen molar-refractivity contribution in [3.8, 4) is 5.75 Å². The van der Waals surface area contributed by atoms with Crippen LogP contribution in [0.25, 0.3) is 6.08 Å². The molecule has 0 fully saturated rings. The van der Waals surface area contributed by atoms with Crippen LogP contribution in [0.2, 0.25) is 5.02 Å². The van der Waals surface area contributed by atoms with E-state index in [0.717, 1.165) is 0 Å². The predicted octanol–water partition coefficient (Wildman–Crippen LogP) is 2.23. The second-order valence-corrected chi connectivity index (χ2v) is 2.94. The van der Waals surface area contributed by atoms with Gasteiger partial charge in [0.15, 0.2) is 0 Å². The standard InChI is InChI=1S/C10H9ClO3/c1-14-9(12)6-5-7-3-2-4-8(11)10(7)13/h2-6,13H,1H3. The van der Waals surface area contributed by atoms with Crippen molar-refractivity contribution in [2.75, 3.05) is 7.11 Å². The summed E-state index contributed by atoms with van der Waals surface area (Å²) in [5.41, 5.74) is 0.475. The van der Waals surface area contributed by atoms with Crippen molar-refractivity contribution in [1.82, 2.24) is 0 Å². The lowest BCUT2D eigenvalue weighted by atomic mass is 10.2. The molecule has 0 spiro atoms. The Labute approximate surface area is 86.6 Å². The Morgan fingerprint density at radius 1 is 1.57 bits per heavy atom. The Morgan fingerprint density at radius 3 is 2.93 bits per heavy atom. The van der Waals surface area contributed by atoms with Gasteiger partial charge in [-0.3, -0.25) is 0 Å². The van der Waals surface area contributed by atoms with E-state index in [0.29, 0.717) is 5.56 Å². The van der Waals surface area contributed by atoms with Crippen LogP contribution in [0.1, 0.15) is 5.56 Å². The van der Waals surface area contributed by atoms with Crippen LogP contribution in [-0.4, -0.2) is 18.2 Å². The first-order valence-corrected chi connectivity index (χ1v) is 4.26. The maximum Gasteiger partial charge on any atom is 0.330 e. The van der Waals surface area contributed by atoms with Crippen molar-refractivity contribution in [2.45, 2.75) is 0 Å². The number of carbonyl (C=O) groups excluding carboxylic acids is 1. The zero-order valence-corrected chi connectivity index (χ0v) is 8.28. The van der Waals surface area contributed by atoms with Crippen molar-refractivity contribution in [1.29, 1.82) is 0 Å². The lowest BCUT2D eigenvalue weighted by Crippen LogP contribution is -1.93. The quantitative estimate of drug-likeness (QED) is 0.604. The van der Waals surface area contributed by atoms with Crippen LogP contribution in [0.15, 0.2) is 24.3 Å². The fourth-order valence-electron chi connectivity index (χ4n) is 0.892. The molecule has 1 aromatic rings. The Balaban J connectivity index is 2.92. The Morgan fingerprint density at radius 2 is 2.29 bits per heavy atom. The molecule has 0 radical (unpaired) electrons. The maximum atomic E-state index is 10.8. The minimum Gasteiger partial charge on any atom is -0.506 e. The normalized spacial score (nSPS) is 10.4. The van der Waals surface area contributed by atoms with Crippen LogP contribution >= 0.6 is 11.6 Å². The second kappa shape index (κ2) is 4.67. The number of phenols is 1. The molecule has 4 heteroatoms. The van der Waals surface area contributed by atoms with Gasteiger partial charge in [0, 0.05) is 11.6 Å². The number of para-hydroxylation sites is 1. The largest absolute Gasteiger partial charge is 0.506 e. The number of ether oxygens (including phenoxy) is 1. The molecule has 0 saturated heterocycles. The molecule has 0 aliphatic heterocycles. The van der Waals surface area contributed by atoms with Crippen molar-refractivity contribution in [3.05, 3.63) is 34.9 Å². The summed E-state index contributed by atoms with van der Waals surface area (Å²) in [6.45, 7) is 0. The van der Waals surface area contributed by atoms with Crippen molar-refractivity contribution in [3.63, 3.8) is 0 Å². The van der Waals surface area contributed by atoms with Crippen molar-refractivity contribution < 1.29 is 14.6 Å². The van der Waals surface area contributed by atoms with Gasteiger partial charge in [-0.15, -0.1) is 0 Å². The van der Waals surface area contributed by atoms with Crippen LogP contribution in [-0.2, 0) is 9.53 Å². The number of esters is 1. The summed E-state index contributed by atoms with van der Waals surface area (Å²) in [5, 5.41) is 9.70. The first-order chi connectivity index (χ1) is 6.65. The fraction of sp³-hybridized carbons (Fsp3) is 0.100. The van der Waals surface area contributed by atoms with E-state index < -0.39 is 5.97 Å². The van der Waals surface area contributed by atoms with Crippen molar-refractivity contribution >= 4 is 23.6 Å². The van der Waals surface area contributed by atoms with Crippen LogP contribution in [0, 0.1) is 0 Å². The number of rotatable bonds is 2. The molecule has 0 amide bonds. The maximum absolute atomic E-state index is 10.8. The molecular formula is C10H9ClO3. The number of carbonyl (C=O) groups is 1. The first-order valence-electron chi connectivity index (χ1n) is 3.88. The molecular weight excluding hydrogens is 204 g/mol. The number of methoxy groups -OCH3 is 1. The molecule has 74 valence electrons. The molecule has 0 aliphatic carbocycles. The predicted molar refractivity (Wildman–Crippen MR) is 54.2 cm³/mol. The summed E-state index contributed by atoms with van der Waals surface area (Å²) in [6, 6.07) is 4.88. The van der Waals surface area contributed by atoms with E-state index in [4.69, 9.17) is 11.6 Å². The highest BCUT2D eigenvalue weighted by molar-refractivity contribution is 6.32. The third-order valence-corrected chi connectivity index (χ3v) is 1.92. The average molecular weight is 213 g/mol. The van der Waals surface area contributed by atoms with E-state index in [-0.39, 0.29) is 10.8 Å². The summed E-state index contributed by atoms with van der Waals surface area (Å²) in [5.74, 6) is -0.529. The van der Waals surface area contributed by atoms with E-state index >= 15 is 0 Å². The van der Waals surface area contributed by atoms with Gasteiger partial charge in [-0.2, -0.15) is 0 Å². The number of phenolic OH excluding ortho intramolecular Hbond substituents is 1. The van der Waals surface area contributed by atoms with Gasteiger partial charge in [0.25, 0.3) is 0 Å². The van der Waals surface area contributed by atoms with Crippen LogP contribution in [0.4, 0.5) is 0 Å². The molecule has 0 unspecified atom stereocenters. The van der Waals surface area contributed by atoms with E-state index in [2.05, 4.69) is 4.74 Å². The summed E-state index contributed by atoms with van der Waals surface area (Å²) in [6.07, 6.45) is 2.65. The zero-order valence-electron chi connectivity index (χ0n) is 7.53. The summed E-state index contributed by atoms with van der Waals surface area (Å²) >= 11 is 5.66. The average Bonchev–Trinajstić information content (AvgIpc) is 2.20. The summed E-state index contributed by atoms with van der Waals surface area (Å²) < 4.78 is 4.40. The third kappa shape index (κ3) is 2.50. The highest BCUT2D eigenvalue weighted by atomic mass is 35.5. The topological polar surface area (TPSA) is 46.5 Å². The Bertz CT molecular complexity index is 372. The molecule has 1 N–H and O–H groups in total. The van der Waals surface area contributed by atoms with Gasteiger partial charge in [0.1, 0.15) is 5.75 Å². The van der Waals surface area contributed by atoms with Crippen molar-refractivity contribution in [2.24, 2.45) is 0 Å². The minimum atomic E-state index is -0.482. The van der Waals surface area contributed by atoms with E-state index in [1.165, 1.54) is 19.3 Å². The minimum absolute atomic E-state index is 0.0469. The molecule has 0 bridgehead atoms. The zero-order chi connectivity index (χ0) is 10.6. The molecule has 0 saturated carbocycles. The molecule has 0 aliphatic rings. The number of hydrogen-bond donors (Lipinski definition) is 1. The van der Waals surface area contributed by atoms with Crippen LogP contribution in [0.5, 0.6) is 5.75 Å². The Kier molecular flexibility index (Phi) is 3.54. The number of halogens is 1. The van der Waals surface area contributed by atoms with Gasteiger partial charge in [-0.05, 0) is 12.1 Å².